The van der Waals surface area contributed by atoms with E-state index in [2.05, 4.69) is 5.32 Å². The molecule has 2 rings (SSSR count). The first-order valence-electron chi connectivity index (χ1n) is 6.95. The minimum absolute atomic E-state index is 0. The molecule has 0 spiro atoms. The van der Waals surface area contributed by atoms with Gasteiger partial charge in [-0.2, -0.15) is 0 Å². The van der Waals surface area contributed by atoms with Crippen molar-refractivity contribution in [2.45, 2.75) is 25.3 Å². The second-order valence-electron chi connectivity index (χ2n) is 5.10. The first-order valence-corrected chi connectivity index (χ1v) is 6.95. The number of rotatable bonds is 3. The number of halogens is 2. The lowest BCUT2D eigenvalue weighted by Gasteiger charge is -2.27. The molecule has 1 amide bonds. The number of ether oxygens (including phenoxy) is 1. The number of hydrogen-bond acceptors (Lipinski definition) is 3. The van der Waals surface area contributed by atoms with Crippen LogP contribution in [0.15, 0.2) is 18.2 Å². The third kappa shape index (κ3) is 4.32. The number of nitrogens with one attached hydrogen (secondary N) is 1. The lowest BCUT2D eigenvalue weighted by atomic mass is 10.1. The van der Waals surface area contributed by atoms with Gasteiger partial charge in [0.15, 0.2) is 0 Å². The Bertz CT molecular complexity index is 477. The van der Waals surface area contributed by atoms with E-state index in [0.717, 1.165) is 32.4 Å². The quantitative estimate of drug-likeness (QED) is 0.931. The number of amides is 1. The van der Waals surface area contributed by atoms with Crippen molar-refractivity contribution < 1.29 is 13.9 Å². The Hall–Kier alpha value is -1.33. The molecular weight excluding hydrogens is 295 g/mol. The summed E-state index contributed by atoms with van der Waals surface area (Å²) in [4.78, 5) is 14.3. The fourth-order valence-electron chi connectivity index (χ4n) is 2.59. The maximum Gasteiger partial charge on any atom is 0.257 e. The maximum atomic E-state index is 13.4. The third-order valence-corrected chi connectivity index (χ3v) is 3.81. The average Bonchev–Trinajstić information content (AvgIpc) is 2.74. The predicted octanol–water partition coefficient (Wildman–Crippen LogP) is 2.47. The standard InChI is InChI=1S/C15H21FN2O2.ClH/c1-18(12-4-3-8-17-9-7-12)15(19)13-10-11(16)5-6-14(13)20-2;/h5-6,10,12,17H,3-4,7-9H2,1-2H3;1H. The highest BCUT2D eigenvalue weighted by Gasteiger charge is 2.24. The van der Waals surface area contributed by atoms with Crippen LogP contribution in [0.1, 0.15) is 29.6 Å². The molecule has 118 valence electrons. The van der Waals surface area contributed by atoms with E-state index < -0.39 is 5.82 Å². The van der Waals surface area contributed by atoms with Crippen molar-refractivity contribution in [2.75, 3.05) is 27.2 Å². The van der Waals surface area contributed by atoms with E-state index in [0.29, 0.717) is 5.75 Å². The summed E-state index contributed by atoms with van der Waals surface area (Å²) in [5, 5.41) is 3.32. The lowest BCUT2D eigenvalue weighted by Crippen LogP contribution is -2.37. The summed E-state index contributed by atoms with van der Waals surface area (Å²) >= 11 is 0. The number of nitrogens with zero attached hydrogens (tertiary/aromatic N) is 1. The van der Waals surface area contributed by atoms with E-state index >= 15 is 0 Å². The van der Waals surface area contributed by atoms with Crippen LogP contribution in [0.5, 0.6) is 5.75 Å². The molecule has 0 saturated carbocycles. The largest absolute Gasteiger partial charge is 0.496 e. The van der Waals surface area contributed by atoms with Crippen LogP contribution in [-0.2, 0) is 0 Å². The van der Waals surface area contributed by atoms with Crippen molar-refractivity contribution in [3.63, 3.8) is 0 Å². The molecule has 1 N–H and O–H groups in total. The zero-order valence-corrected chi connectivity index (χ0v) is 13.2. The Balaban J connectivity index is 0.00000220. The number of carbonyl (C=O) groups excluding carboxylic acids is 1. The SMILES string of the molecule is COc1ccc(F)cc1C(=O)N(C)C1CCCNCC1.Cl. The fraction of sp³-hybridized carbons (Fsp3) is 0.533. The number of benzene rings is 1. The first kappa shape index (κ1) is 17.7. The molecule has 0 aliphatic carbocycles. The Morgan fingerprint density at radius 2 is 2.14 bits per heavy atom. The summed E-state index contributed by atoms with van der Waals surface area (Å²) in [7, 11) is 3.27. The fourth-order valence-corrected chi connectivity index (χ4v) is 2.59. The molecule has 1 aliphatic heterocycles. The highest BCUT2D eigenvalue weighted by molar-refractivity contribution is 5.97. The van der Waals surface area contributed by atoms with Gasteiger partial charge in [0.1, 0.15) is 11.6 Å². The van der Waals surface area contributed by atoms with Gasteiger partial charge in [-0.25, -0.2) is 4.39 Å². The molecule has 1 fully saturated rings. The molecule has 6 heteroatoms. The molecule has 21 heavy (non-hydrogen) atoms. The second-order valence-corrected chi connectivity index (χ2v) is 5.10. The molecule has 0 aromatic heterocycles. The topological polar surface area (TPSA) is 41.6 Å². The van der Waals surface area contributed by atoms with Crippen LogP contribution in [0, 0.1) is 5.82 Å². The minimum Gasteiger partial charge on any atom is -0.496 e. The van der Waals surface area contributed by atoms with Crippen molar-refractivity contribution in [3.05, 3.63) is 29.6 Å². The molecule has 1 aromatic carbocycles. The van der Waals surface area contributed by atoms with Gasteiger partial charge in [0.25, 0.3) is 5.91 Å². The van der Waals surface area contributed by atoms with Crippen molar-refractivity contribution >= 4 is 18.3 Å². The summed E-state index contributed by atoms with van der Waals surface area (Å²) < 4.78 is 18.5. The van der Waals surface area contributed by atoms with Gasteiger partial charge in [-0.3, -0.25) is 4.79 Å². The van der Waals surface area contributed by atoms with Crippen LogP contribution in [-0.4, -0.2) is 44.1 Å². The molecule has 1 heterocycles. The van der Waals surface area contributed by atoms with E-state index in [-0.39, 0.29) is 29.9 Å². The molecule has 1 aliphatic rings. The molecule has 1 atom stereocenters. The van der Waals surface area contributed by atoms with Crippen LogP contribution >= 0.6 is 12.4 Å². The Morgan fingerprint density at radius 1 is 1.38 bits per heavy atom. The van der Waals surface area contributed by atoms with Gasteiger partial charge in [-0.1, -0.05) is 0 Å². The third-order valence-electron chi connectivity index (χ3n) is 3.81. The highest BCUT2D eigenvalue weighted by Crippen LogP contribution is 2.23. The van der Waals surface area contributed by atoms with Crippen molar-refractivity contribution in [1.82, 2.24) is 10.2 Å². The van der Waals surface area contributed by atoms with Gasteiger partial charge >= 0.3 is 0 Å². The van der Waals surface area contributed by atoms with Gasteiger partial charge in [0.05, 0.1) is 12.7 Å². The zero-order valence-electron chi connectivity index (χ0n) is 12.4. The number of hydrogen-bond donors (Lipinski definition) is 1. The molecule has 1 aromatic rings. The van der Waals surface area contributed by atoms with E-state index in [9.17, 15) is 9.18 Å². The van der Waals surface area contributed by atoms with Crippen LogP contribution in [0.2, 0.25) is 0 Å². The van der Waals surface area contributed by atoms with Crippen molar-refractivity contribution in [3.8, 4) is 5.75 Å². The monoisotopic (exact) mass is 316 g/mol. The van der Waals surface area contributed by atoms with Crippen LogP contribution in [0.25, 0.3) is 0 Å². The molecule has 0 radical (unpaired) electrons. The average molecular weight is 317 g/mol. The number of methoxy groups -OCH3 is 1. The summed E-state index contributed by atoms with van der Waals surface area (Å²) in [5.74, 6) is -0.201. The molecule has 0 bridgehead atoms. The van der Waals surface area contributed by atoms with E-state index in [1.807, 2.05) is 0 Å². The Morgan fingerprint density at radius 3 is 2.86 bits per heavy atom. The van der Waals surface area contributed by atoms with Gasteiger partial charge < -0.3 is 15.0 Å². The van der Waals surface area contributed by atoms with E-state index in [4.69, 9.17) is 4.74 Å². The van der Waals surface area contributed by atoms with Gasteiger partial charge in [0, 0.05) is 13.1 Å². The Kier molecular flexibility index (Phi) is 6.92. The summed E-state index contributed by atoms with van der Waals surface area (Å²) in [6.07, 6.45) is 2.93. The van der Waals surface area contributed by atoms with Crippen LogP contribution < -0.4 is 10.1 Å². The van der Waals surface area contributed by atoms with Crippen LogP contribution in [0.3, 0.4) is 0 Å². The van der Waals surface area contributed by atoms with Gasteiger partial charge in [-0.05, 0) is 50.6 Å². The normalized spacial score (nSPS) is 18.3. The first-order chi connectivity index (χ1) is 9.63. The Labute approximate surface area is 131 Å². The summed E-state index contributed by atoms with van der Waals surface area (Å²) in [6, 6.07) is 4.22. The van der Waals surface area contributed by atoms with Crippen molar-refractivity contribution in [1.29, 1.82) is 0 Å². The van der Waals surface area contributed by atoms with Crippen LogP contribution in [0.4, 0.5) is 4.39 Å². The predicted molar refractivity (Wildman–Crippen MR) is 82.8 cm³/mol. The van der Waals surface area contributed by atoms with E-state index in [1.165, 1.54) is 25.3 Å². The maximum absolute atomic E-state index is 13.4. The summed E-state index contributed by atoms with van der Waals surface area (Å²) in [5.41, 5.74) is 0.284. The zero-order chi connectivity index (χ0) is 14.5. The highest BCUT2D eigenvalue weighted by atomic mass is 35.5. The second kappa shape index (κ2) is 8.20. The molecule has 1 saturated heterocycles. The van der Waals surface area contributed by atoms with Gasteiger partial charge in [-0.15, -0.1) is 12.4 Å². The van der Waals surface area contributed by atoms with E-state index in [1.54, 1.807) is 11.9 Å². The van der Waals surface area contributed by atoms with Crippen molar-refractivity contribution in [2.24, 2.45) is 0 Å². The molecule has 4 nitrogen and oxygen atoms in total. The number of carbonyl (C=O) groups is 1. The summed E-state index contributed by atoms with van der Waals surface area (Å²) in [6.45, 7) is 1.89. The lowest BCUT2D eigenvalue weighted by molar-refractivity contribution is 0.0716. The van der Waals surface area contributed by atoms with Gasteiger partial charge in [0.2, 0.25) is 0 Å². The molecule has 1 unspecified atom stereocenters. The molecular formula is C15H22ClFN2O2. The smallest absolute Gasteiger partial charge is 0.257 e. The minimum atomic E-state index is -0.426.